The van der Waals surface area contributed by atoms with E-state index in [-0.39, 0.29) is 5.69 Å². The van der Waals surface area contributed by atoms with Gasteiger partial charge in [-0.25, -0.2) is 0 Å². The fraction of sp³-hybridized carbons (Fsp3) is 0.429. The largest absolute Gasteiger partial charge is 0.494 e. The van der Waals surface area contributed by atoms with Crippen LogP contribution in [0.3, 0.4) is 0 Å². The Hall–Kier alpha value is -2.08. The molecule has 0 saturated carbocycles. The zero-order valence-corrected chi connectivity index (χ0v) is 17.0. The number of rotatable bonds is 13. The maximum atomic E-state index is 10.6. The van der Waals surface area contributed by atoms with Crippen molar-refractivity contribution in [3.8, 4) is 11.5 Å². The van der Waals surface area contributed by atoms with E-state index in [1.807, 2.05) is 24.3 Å². The minimum Gasteiger partial charge on any atom is -0.494 e. The minimum absolute atomic E-state index is 0.0876. The Morgan fingerprint density at radius 1 is 0.704 bits per heavy atom. The van der Waals surface area contributed by atoms with Gasteiger partial charge in [-0.2, -0.15) is 0 Å². The molecule has 0 N–H and O–H groups in total. The number of hydrogen-bond donors (Lipinski definition) is 0. The van der Waals surface area contributed by atoms with Crippen molar-refractivity contribution < 1.29 is 14.4 Å². The molecule has 0 unspecified atom stereocenters. The fourth-order valence-electron chi connectivity index (χ4n) is 2.66. The van der Waals surface area contributed by atoms with Crippen LogP contribution in [0.15, 0.2) is 53.0 Å². The van der Waals surface area contributed by atoms with Crippen molar-refractivity contribution >= 4 is 21.6 Å². The summed E-state index contributed by atoms with van der Waals surface area (Å²) < 4.78 is 12.4. The van der Waals surface area contributed by atoms with Crippen molar-refractivity contribution in [1.82, 2.24) is 0 Å². The van der Waals surface area contributed by atoms with Gasteiger partial charge in [0.15, 0.2) is 0 Å². The minimum atomic E-state index is -0.406. The van der Waals surface area contributed by atoms with Crippen LogP contribution in [0.4, 0.5) is 5.69 Å². The number of ether oxygens (including phenoxy) is 2. The van der Waals surface area contributed by atoms with Crippen molar-refractivity contribution in [3.63, 3.8) is 0 Å². The summed E-state index contributed by atoms with van der Waals surface area (Å²) in [6.07, 6.45) is 8.08. The van der Waals surface area contributed by atoms with Crippen LogP contribution in [0.25, 0.3) is 0 Å². The zero-order chi connectivity index (χ0) is 19.3. The third kappa shape index (κ3) is 8.91. The number of non-ortho nitro benzene ring substituents is 1. The Labute approximate surface area is 169 Å². The predicted octanol–water partition coefficient (Wildman–Crippen LogP) is 6.55. The Kier molecular flexibility index (Phi) is 9.69. The molecule has 0 aromatic heterocycles. The SMILES string of the molecule is O=[N+]([O-])c1ccc(OCCCCCCCCCOc2ccc(Br)cc2)cc1. The number of halogens is 1. The van der Waals surface area contributed by atoms with Crippen molar-refractivity contribution in [1.29, 1.82) is 0 Å². The molecule has 0 heterocycles. The van der Waals surface area contributed by atoms with Crippen molar-refractivity contribution in [2.45, 2.75) is 44.9 Å². The molecular formula is C21H26BrNO4. The van der Waals surface area contributed by atoms with Crippen LogP contribution in [0.2, 0.25) is 0 Å². The fourth-order valence-corrected chi connectivity index (χ4v) is 2.93. The number of nitrogens with zero attached hydrogens (tertiary/aromatic N) is 1. The van der Waals surface area contributed by atoms with E-state index in [4.69, 9.17) is 9.47 Å². The summed E-state index contributed by atoms with van der Waals surface area (Å²) in [5.74, 6) is 1.61. The average Bonchev–Trinajstić information content (AvgIpc) is 2.68. The van der Waals surface area contributed by atoms with Crippen LogP contribution >= 0.6 is 15.9 Å². The van der Waals surface area contributed by atoms with Gasteiger partial charge in [-0.1, -0.05) is 48.0 Å². The molecule has 0 aliphatic rings. The first-order chi connectivity index (χ1) is 13.1. The Morgan fingerprint density at radius 3 is 1.56 bits per heavy atom. The number of hydrogen-bond acceptors (Lipinski definition) is 4. The summed E-state index contributed by atoms with van der Waals surface area (Å²) in [5.41, 5.74) is 0.0876. The van der Waals surface area contributed by atoms with Gasteiger partial charge in [0.05, 0.1) is 18.1 Å². The summed E-state index contributed by atoms with van der Waals surface area (Å²) in [6, 6.07) is 14.2. The van der Waals surface area contributed by atoms with E-state index in [1.165, 1.54) is 37.8 Å². The maximum Gasteiger partial charge on any atom is 0.269 e. The molecule has 2 aromatic rings. The second-order valence-electron chi connectivity index (χ2n) is 6.38. The normalized spacial score (nSPS) is 10.6. The molecule has 0 amide bonds. The zero-order valence-electron chi connectivity index (χ0n) is 15.4. The molecule has 0 aliphatic heterocycles. The highest BCUT2D eigenvalue weighted by Crippen LogP contribution is 2.18. The smallest absolute Gasteiger partial charge is 0.269 e. The van der Waals surface area contributed by atoms with Crippen LogP contribution in [-0.2, 0) is 0 Å². The van der Waals surface area contributed by atoms with E-state index < -0.39 is 4.92 Å². The molecule has 27 heavy (non-hydrogen) atoms. The van der Waals surface area contributed by atoms with Crippen molar-refractivity contribution in [2.75, 3.05) is 13.2 Å². The average molecular weight is 436 g/mol. The topological polar surface area (TPSA) is 61.6 Å². The van der Waals surface area contributed by atoms with Gasteiger partial charge in [-0.05, 0) is 49.2 Å². The van der Waals surface area contributed by atoms with E-state index in [0.29, 0.717) is 12.4 Å². The van der Waals surface area contributed by atoms with Gasteiger partial charge in [0, 0.05) is 16.6 Å². The monoisotopic (exact) mass is 435 g/mol. The second kappa shape index (κ2) is 12.3. The molecule has 0 saturated heterocycles. The van der Waals surface area contributed by atoms with E-state index in [2.05, 4.69) is 15.9 Å². The van der Waals surface area contributed by atoms with E-state index in [9.17, 15) is 10.1 Å². The first-order valence-electron chi connectivity index (χ1n) is 9.41. The highest BCUT2D eigenvalue weighted by molar-refractivity contribution is 9.10. The highest BCUT2D eigenvalue weighted by Gasteiger charge is 2.04. The molecule has 0 spiro atoms. The lowest BCUT2D eigenvalue weighted by atomic mass is 10.1. The molecule has 0 radical (unpaired) electrons. The molecule has 2 rings (SSSR count). The van der Waals surface area contributed by atoms with Crippen molar-refractivity contribution in [2.24, 2.45) is 0 Å². The molecule has 0 aliphatic carbocycles. The van der Waals surface area contributed by atoms with E-state index in [0.717, 1.165) is 36.1 Å². The molecular weight excluding hydrogens is 410 g/mol. The van der Waals surface area contributed by atoms with Crippen molar-refractivity contribution in [3.05, 3.63) is 63.1 Å². The Balaban J connectivity index is 1.40. The second-order valence-corrected chi connectivity index (χ2v) is 7.29. The van der Waals surface area contributed by atoms with Crippen LogP contribution < -0.4 is 9.47 Å². The molecule has 2 aromatic carbocycles. The van der Waals surface area contributed by atoms with Gasteiger partial charge in [-0.3, -0.25) is 10.1 Å². The third-order valence-corrected chi connectivity index (χ3v) is 4.72. The molecule has 5 nitrogen and oxygen atoms in total. The summed E-state index contributed by atoms with van der Waals surface area (Å²) in [5, 5.41) is 10.6. The van der Waals surface area contributed by atoms with Crippen LogP contribution in [0.1, 0.15) is 44.9 Å². The van der Waals surface area contributed by atoms with Gasteiger partial charge < -0.3 is 9.47 Å². The molecule has 0 fully saturated rings. The van der Waals surface area contributed by atoms with Gasteiger partial charge >= 0.3 is 0 Å². The molecule has 0 bridgehead atoms. The lowest BCUT2D eigenvalue weighted by molar-refractivity contribution is -0.384. The maximum absolute atomic E-state index is 10.6. The van der Waals surface area contributed by atoms with Gasteiger partial charge in [-0.15, -0.1) is 0 Å². The van der Waals surface area contributed by atoms with Crippen LogP contribution in [0, 0.1) is 10.1 Å². The third-order valence-electron chi connectivity index (χ3n) is 4.19. The predicted molar refractivity (Wildman–Crippen MR) is 111 cm³/mol. The van der Waals surface area contributed by atoms with Crippen LogP contribution in [-0.4, -0.2) is 18.1 Å². The number of unbranched alkanes of at least 4 members (excludes halogenated alkanes) is 6. The Bertz CT molecular complexity index is 674. The number of nitro groups is 1. The van der Waals surface area contributed by atoms with E-state index >= 15 is 0 Å². The first-order valence-corrected chi connectivity index (χ1v) is 10.2. The lowest BCUT2D eigenvalue weighted by Gasteiger charge is -2.07. The first kappa shape index (κ1) is 21.2. The molecule has 146 valence electrons. The number of benzene rings is 2. The Morgan fingerprint density at radius 2 is 1.11 bits per heavy atom. The van der Waals surface area contributed by atoms with Crippen LogP contribution in [0.5, 0.6) is 11.5 Å². The quantitative estimate of drug-likeness (QED) is 0.203. The van der Waals surface area contributed by atoms with E-state index in [1.54, 1.807) is 12.1 Å². The highest BCUT2D eigenvalue weighted by atomic mass is 79.9. The lowest BCUT2D eigenvalue weighted by Crippen LogP contribution is -1.98. The standard InChI is InChI=1S/C21H26BrNO4/c22-18-8-12-20(13-9-18)26-16-6-4-2-1-3-5-7-17-27-21-14-10-19(11-15-21)23(24)25/h8-15H,1-7,16-17H2. The van der Waals surface area contributed by atoms with Gasteiger partial charge in [0.25, 0.3) is 5.69 Å². The summed E-state index contributed by atoms with van der Waals surface area (Å²) >= 11 is 3.41. The summed E-state index contributed by atoms with van der Waals surface area (Å²) in [6.45, 7) is 1.42. The van der Waals surface area contributed by atoms with Gasteiger partial charge in [0.1, 0.15) is 11.5 Å². The summed E-state index contributed by atoms with van der Waals surface area (Å²) in [7, 11) is 0. The molecule has 0 atom stereocenters. The summed E-state index contributed by atoms with van der Waals surface area (Å²) in [4.78, 5) is 10.2. The molecule has 6 heteroatoms. The number of nitro benzene ring substituents is 1. The van der Waals surface area contributed by atoms with Gasteiger partial charge in [0.2, 0.25) is 0 Å².